The lowest BCUT2D eigenvalue weighted by molar-refractivity contribution is 0.0600. The van der Waals surface area contributed by atoms with Crippen molar-refractivity contribution in [1.29, 1.82) is 0 Å². The normalized spacial score (nSPS) is 11.0. The van der Waals surface area contributed by atoms with Crippen LogP contribution in [0.25, 0.3) is 5.82 Å². The maximum Gasteiger partial charge on any atom is 0.337 e. The third-order valence-corrected chi connectivity index (χ3v) is 3.87. The van der Waals surface area contributed by atoms with Crippen LogP contribution in [0.15, 0.2) is 34.0 Å². The number of carbonyl (C=O) groups is 2. The Hall–Kier alpha value is -4.09. The fraction of sp³-hybridized carbons (Fsp3) is 0.235. The van der Waals surface area contributed by atoms with Crippen LogP contribution in [0, 0.1) is 0 Å². The van der Waals surface area contributed by atoms with E-state index in [9.17, 15) is 9.59 Å². The molecule has 3 N–H and O–H groups in total. The molecule has 0 atom stereocenters. The van der Waals surface area contributed by atoms with Gasteiger partial charge in [0.25, 0.3) is 5.91 Å². The summed E-state index contributed by atoms with van der Waals surface area (Å²) in [4.78, 5) is 23.9. The maximum absolute atomic E-state index is 12.5. The summed E-state index contributed by atoms with van der Waals surface area (Å²) in [6, 6.07) is 6.52. The second-order valence-electron chi connectivity index (χ2n) is 5.83. The third-order valence-electron chi connectivity index (χ3n) is 3.87. The molecule has 0 aliphatic carbocycles. The number of hydrogen-bond donors (Lipinski definition) is 2. The van der Waals surface area contributed by atoms with Crippen LogP contribution in [0.1, 0.15) is 45.4 Å². The average Bonchev–Trinajstić information content (AvgIpc) is 3.34. The van der Waals surface area contributed by atoms with Gasteiger partial charge in [-0.25, -0.2) is 14.8 Å². The summed E-state index contributed by atoms with van der Waals surface area (Å²) in [5, 5.41) is 18.9. The number of anilines is 1. The second kappa shape index (κ2) is 8.73. The lowest BCUT2D eigenvalue weighted by atomic mass is 10.1. The number of amides is 1. The highest BCUT2D eigenvalue weighted by atomic mass is 16.6. The van der Waals surface area contributed by atoms with Gasteiger partial charge in [-0.3, -0.25) is 4.79 Å². The van der Waals surface area contributed by atoms with Crippen LogP contribution in [0.4, 0.5) is 5.82 Å². The number of nitrogens with one attached hydrogen (secondary N) is 1. The van der Waals surface area contributed by atoms with E-state index in [1.165, 1.54) is 18.0 Å². The smallest absolute Gasteiger partial charge is 0.337 e. The molecule has 0 radical (unpaired) electrons. The Morgan fingerprint density at radius 1 is 1.31 bits per heavy atom. The van der Waals surface area contributed by atoms with Crippen molar-refractivity contribution in [3.05, 3.63) is 46.8 Å². The number of aromatic nitrogens is 5. The minimum atomic E-state index is -0.544. The van der Waals surface area contributed by atoms with Crippen molar-refractivity contribution in [3.63, 3.8) is 0 Å². The molecule has 12 nitrogen and oxygen atoms in total. The molecule has 0 aliphatic rings. The molecule has 2 aromatic heterocycles. The van der Waals surface area contributed by atoms with Crippen molar-refractivity contribution in [2.45, 2.75) is 19.8 Å². The number of nitrogens with zero attached hydrogens (tertiary/aromatic N) is 6. The Labute approximate surface area is 164 Å². The number of benzene rings is 1. The molecular weight excluding hydrogens is 380 g/mol. The van der Waals surface area contributed by atoms with E-state index in [0.29, 0.717) is 23.2 Å². The molecule has 0 aliphatic heterocycles. The van der Waals surface area contributed by atoms with Crippen molar-refractivity contribution in [1.82, 2.24) is 30.7 Å². The number of esters is 1. The topological polar surface area (TPSA) is 163 Å². The number of carbonyl (C=O) groups excluding carboxylic acids is 2. The summed E-state index contributed by atoms with van der Waals surface area (Å²) in [5.74, 6) is -0.782. The quantitative estimate of drug-likeness (QED) is 0.332. The number of hydrogen-bond acceptors (Lipinski definition) is 10. The number of ether oxygens (including phenoxy) is 1. The lowest BCUT2D eigenvalue weighted by Gasteiger charge is -2.03. The van der Waals surface area contributed by atoms with Gasteiger partial charge < -0.3 is 10.5 Å². The number of rotatable bonds is 7. The highest BCUT2D eigenvalue weighted by molar-refractivity contribution is 5.94. The first kappa shape index (κ1) is 19.7. The second-order valence-corrected chi connectivity index (χ2v) is 5.83. The summed E-state index contributed by atoms with van der Waals surface area (Å²) >= 11 is 0. The molecule has 0 bridgehead atoms. The van der Waals surface area contributed by atoms with Gasteiger partial charge >= 0.3 is 5.97 Å². The van der Waals surface area contributed by atoms with Crippen LogP contribution in [0.2, 0.25) is 0 Å². The van der Waals surface area contributed by atoms with E-state index in [2.05, 4.69) is 40.5 Å². The Kier molecular flexibility index (Phi) is 5.92. The fourth-order valence-corrected chi connectivity index (χ4v) is 2.49. The van der Waals surface area contributed by atoms with Gasteiger partial charge in [0, 0.05) is 0 Å². The van der Waals surface area contributed by atoms with Gasteiger partial charge in [0.15, 0.2) is 5.69 Å². The van der Waals surface area contributed by atoms with Gasteiger partial charge in [-0.15, -0.1) is 5.10 Å². The summed E-state index contributed by atoms with van der Waals surface area (Å²) in [6.45, 7) is 1.94. The fourth-order valence-electron chi connectivity index (χ4n) is 2.49. The zero-order chi connectivity index (χ0) is 20.8. The van der Waals surface area contributed by atoms with E-state index in [-0.39, 0.29) is 17.3 Å². The summed E-state index contributed by atoms with van der Waals surface area (Å²) < 4.78 is 10.5. The number of hydrazone groups is 1. The largest absolute Gasteiger partial charge is 0.465 e. The molecule has 1 amide bonds. The molecule has 29 heavy (non-hydrogen) atoms. The molecule has 0 unspecified atom stereocenters. The predicted molar refractivity (Wildman–Crippen MR) is 100 cm³/mol. The van der Waals surface area contributed by atoms with Crippen LogP contribution in [0.3, 0.4) is 0 Å². The number of nitrogens with two attached hydrogens (primary N) is 1. The van der Waals surface area contributed by atoms with E-state index in [4.69, 9.17) is 5.73 Å². The van der Waals surface area contributed by atoms with E-state index in [1.54, 1.807) is 24.3 Å². The summed E-state index contributed by atoms with van der Waals surface area (Å²) in [5.41, 5.74) is 9.78. The molecular formula is C17H18N8O4. The van der Waals surface area contributed by atoms with Crippen molar-refractivity contribution in [3.8, 4) is 5.82 Å². The van der Waals surface area contributed by atoms with Gasteiger partial charge in [-0.1, -0.05) is 30.7 Å². The van der Waals surface area contributed by atoms with E-state index < -0.39 is 11.9 Å². The molecule has 12 heteroatoms. The third kappa shape index (κ3) is 4.26. The summed E-state index contributed by atoms with van der Waals surface area (Å²) in [6.07, 6.45) is 2.66. The first-order valence-electron chi connectivity index (χ1n) is 8.59. The molecule has 0 fully saturated rings. The molecule has 0 spiro atoms. The highest BCUT2D eigenvalue weighted by Gasteiger charge is 2.23. The van der Waals surface area contributed by atoms with Gasteiger partial charge in [0.1, 0.15) is 0 Å². The maximum atomic E-state index is 12.5. The first-order chi connectivity index (χ1) is 14.0. The van der Waals surface area contributed by atoms with Crippen LogP contribution in [0.5, 0.6) is 0 Å². The molecule has 0 saturated carbocycles. The lowest BCUT2D eigenvalue weighted by Crippen LogP contribution is -2.20. The minimum absolute atomic E-state index is 0.0348. The van der Waals surface area contributed by atoms with Crippen molar-refractivity contribution < 1.29 is 19.0 Å². The monoisotopic (exact) mass is 398 g/mol. The summed E-state index contributed by atoms with van der Waals surface area (Å²) in [7, 11) is 1.31. The average molecular weight is 398 g/mol. The van der Waals surface area contributed by atoms with Gasteiger partial charge in [-0.05, 0) is 34.4 Å². The van der Waals surface area contributed by atoms with E-state index in [1.807, 2.05) is 6.92 Å². The Balaban J connectivity index is 1.74. The highest BCUT2D eigenvalue weighted by Crippen LogP contribution is 2.17. The van der Waals surface area contributed by atoms with E-state index in [0.717, 1.165) is 6.42 Å². The Bertz CT molecular complexity index is 1040. The molecule has 2 heterocycles. The standard InChI is InChI=1S/C17H18N8O4/c1-3-4-12-13(20-24-25(12)15-14(18)22-29-23-15)16(26)21-19-9-10-5-7-11(8-6-10)17(27)28-2/h5-9H,3-4H2,1-2H3,(H2,18,22)(H,21,26)/b19-9-. The van der Waals surface area contributed by atoms with Crippen LogP contribution in [-0.4, -0.2) is 50.5 Å². The van der Waals surface area contributed by atoms with Gasteiger partial charge in [-0.2, -0.15) is 9.78 Å². The van der Waals surface area contributed by atoms with Crippen LogP contribution in [-0.2, 0) is 11.2 Å². The molecule has 3 rings (SSSR count). The number of methoxy groups -OCH3 is 1. The number of nitrogen functional groups attached to an aromatic ring is 1. The molecule has 150 valence electrons. The van der Waals surface area contributed by atoms with E-state index >= 15 is 0 Å². The first-order valence-corrected chi connectivity index (χ1v) is 8.59. The molecule has 3 aromatic rings. The Morgan fingerprint density at radius 3 is 2.69 bits per heavy atom. The van der Waals surface area contributed by atoms with Crippen LogP contribution < -0.4 is 11.2 Å². The zero-order valence-corrected chi connectivity index (χ0v) is 15.7. The minimum Gasteiger partial charge on any atom is -0.465 e. The molecule has 1 aromatic carbocycles. The predicted octanol–water partition coefficient (Wildman–Crippen LogP) is 0.735. The van der Waals surface area contributed by atoms with Crippen LogP contribution >= 0.6 is 0 Å². The molecule has 0 saturated heterocycles. The zero-order valence-electron chi connectivity index (χ0n) is 15.7. The van der Waals surface area contributed by atoms with Crippen molar-refractivity contribution in [2.24, 2.45) is 5.10 Å². The SMILES string of the molecule is CCCc1c(C(=O)N/N=C\c2ccc(C(=O)OC)cc2)nnn1-c1nonc1N. The van der Waals surface area contributed by atoms with Gasteiger partial charge in [0.2, 0.25) is 11.6 Å². The Morgan fingerprint density at radius 2 is 2.07 bits per heavy atom. The van der Waals surface area contributed by atoms with Gasteiger partial charge in [0.05, 0.1) is 24.6 Å². The van der Waals surface area contributed by atoms with Crippen molar-refractivity contribution >= 4 is 23.9 Å². The van der Waals surface area contributed by atoms with Crippen molar-refractivity contribution in [2.75, 3.05) is 12.8 Å².